The molecule has 1 nitrogen and oxygen atoms in total. The van der Waals surface area contributed by atoms with Gasteiger partial charge in [0.2, 0.25) is 0 Å². The van der Waals surface area contributed by atoms with Crippen LogP contribution in [-0.4, -0.2) is 19.8 Å². The average Bonchev–Trinajstić information content (AvgIpc) is 1.31. The van der Waals surface area contributed by atoms with Crippen molar-refractivity contribution in [2.75, 3.05) is 19.8 Å². The summed E-state index contributed by atoms with van der Waals surface area (Å²) in [6.45, 7) is 1.34. The molecular weight excluding hydrogens is 81.0 g/mol. The Hall–Kier alpha value is -0.110. The molecule has 6 heavy (non-hydrogen) atoms. The van der Waals surface area contributed by atoms with Gasteiger partial charge in [-0.05, 0) is 0 Å². The van der Waals surface area contributed by atoms with Gasteiger partial charge in [-0.2, -0.15) is 0 Å². The standard InChI is InChI=1S/C4H7FN/c5-1-4-2-6-3-4/h4H,1-3H2. The van der Waals surface area contributed by atoms with Gasteiger partial charge < -0.3 is 0 Å². The Morgan fingerprint density at radius 3 is 2.33 bits per heavy atom. The van der Waals surface area contributed by atoms with Crippen LogP contribution in [0.25, 0.3) is 0 Å². The lowest BCUT2D eigenvalue weighted by atomic mass is 10.1. The molecule has 0 saturated carbocycles. The highest BCUT2D eigenvalue weighted by molar-refractivity contribution is 4.72. The summed E-state index contributed by atoms with van der Waals surface area (Å²) in [4.78, 5) is 0. The van der Waals surface area contributed by atoms with Gasteiger partial charge in [-0.3, -0.25) is 4.39 Å². The highest BCUT2D eigenvalue weighted by Gasteiger charge is 2.16. The number of alkyl halides is 1. The van der Waals surface area contributed by atoms with Gasteiger partial charge in [0, 0.05) is 19.0 Å². The average molecular weight is 88.1 g/mol. The van der Waals surface area contributed by atoms with Crippen molar-refractivity contribution >= 4 is 0 Å². The lowest BCUT2D eigenvalue weighted by Crippen LogP contribution is -2.37. The van der Waals surface area contributed by atoms with Crippen LogP contribution >= 0.6 is 0 Å². The molecule has 0 aromatic heterocycles. The zero-order valence-corrected chi connectivity index (χ0v) is 3.52. The summed E-state index contributed by atoms with van der Waals surface area (Å²) < 4.78 is 11.4. The van der Waals surface area contributed by atoms with Crippen molar-refractivity contribution in [3.63, 3.8) is 0 Å². The predicted octanol–water partition coefficient (Wildman–Crippen LogP) is 0.190. The van der Waals surface area contributed by atoms with Crippen LogP contribution < -0.4 is 5.32 Å². The second-order valence-electron chi connectivity index (χ2n) is 1.61. The number of hydrogen-bond acceptors (Lipinski definition) is 0. The van der Waals surface area contributed by atoms with Crippen LogP contribution in [0, 0.1) is 5.92 Å². The second kappa shape index (κ2) is 1.56. The molecule has 0 unspecified atom stereocenters. The maximum absolute atomic E-state index is 11.4. The van der Waals surface area contributed by atoms with Gasteiger partial charge in [0.15, 0.2) is 0 Å². The van der Waals surface area contributed by atoms with E-state index < -0.39 is 0 Å². The first-order valence-corrected chi connectivity index (χ1v) is 2.12. The smallest absolute Gasteiger partial charge is 0.0948 e. The molecule has 1 aliphatic heterocycles. The fraction of sp³-hybridized carbons (Fsp3) is 1.00. The van der Waals surface area contributed by atoms with Crippen molar-refractivity contribution in [3.8, 4) is 0 Å². The Kier molecular flexibility index (Phi) is 1.05. The van der Waals surface area contributed by atoms with Gasteiger partial charge in [0.1, 0.15) is 0 Å². The monoisotopic (exact) mass is 88.1 g/mol. The second-order valence-corrected chi connectivity index (χ2v) is 1.61. The molecule has 1 rings (SSSR count). The van der Waals surface area contributed by atoms with Gasteiger partial charge in [-0.15, -0.1) is 0 Å². The Balaban J connectivity index is 2.01. The Labute approximate surface area is 36.5 Å². The fourth-order valence-corrected chi connectivity index (χ4v) is 0.409. The number of rotatable bonds is 1. The summed E-state index contributed by atoms with van der Waals surface area (Å²) in [6.07, 6.45) is 0. The fourth-order valence-electron chi connectivity index (χ4n) is 0.409. The minimum absolute atomic E-state index is 0.177. The van der Waals surface area contributed by atoms with Crippen LogP contribution in [0.15, 0.2) is 0 Å². The van der Waals surface area contributed by atoms with Crippen LogP contribution in [-0.2, 0) is 0 Å². The van der Waals surface area contributed by atoms with Crippen LogP contribution in [0.4, 0.5) is 4.39 Å². The molecule has 1 fully saturated rings. The van der Waals surface area contributed by atoms with Crippen molar-refractivity contribution in [2.45, 2.75) is 0 Å². The molecular formula is C4H7FN. The molecule has 0 aliphatic carbocycles. The molecule has 0 aromatic rings. The largest absolute Gasteiger partial charge is 0.251 e. The van der Waals surface area contributed by atoms with E-state index in [-0.39, 0.29) is 12.6 Å². The topological polar surface area (TPSA) is 14.1 Å². The van der Waals surface area contributed by atoms with Crippen LogP contribution in [0.5, 0.6) is 0 Å². The molecule has 0 amide bonds. The Morgan fingerprint density at radius 2 is 2.33 bits per heavy atom. The maximum atomic E-state index is 11.4. The van der Waals surface area contributed by atoms with Gasteiger partial charge in [0.25, 0.3) is 0 Å². The van der Waals surface area contributed by atoms with E-state index in [1.165, 1.54) is 0 Å². The van der Waals surface area contributed by atoms with E-state index in [0.29, 0.717) is 0 Å². The first-order chi connectivity index (χ1) is 2.93. The third kappa shape index (κ3) is 0.522. The van der Waals surface area contributed by atoms with E-state index in [0.717, 1.165) is 13.1 Å². The molecule has 0 bridgehead atoms. The van der Waals surface area contributed by atoms with E-state index in [1.54, 1.807) is 0 Å². The van der Waals surface area contributed by atoms with E-state index in [9.17, 15) is 4.39 Å². The van der Waals surface area contributed by atoms with E-state index >= 15 is 0 Å². The quantitative estimate of drug-likeness (QED) is 0.434. The zero-order chi connectivity index (χ0) is 4.41. The van der Waals surface area contributed by atoms with Crippen molar-refractivity contribution in [2.24, 2.45) is 5.92 Å². The minimum atomic E-state index is -0.177. The zero-order valence-electron chi connectivity index (χ0n) is 3.52. The third-order valence-electron chi connectivity index (χ3n) is 0.993. The normalized spacial score (nSPS) is 23.5. The van der Waals surface area contributed by atoms with E-state index in [4.69, 9.17) is 0 Å². The summed E-state index contributed by atoms with van der Waals surface area (Å²) in [5.41, 5.74) is 0. The summed E-state index contributed by atoms with van der Waals surface area (Å²) >= 11 is 0. The maximum Gasteiger partial charge on any atom is 0.0948 e. The highest BCUT2D eigenvalue weighted by Crippen LogP contribution is 2.03. The molecule has 1 heterocycles. The van der Waals surface area contributed by atoms with Gasteiger partial charge in [-0.1, -0.05) is 0 Å². The molecule has 35 valence electrons. The van der Waals surface area contributed by atoms with Crippen molar-refractivity contribution in [1.29, 1.82) is 0 Å². The van der Waals surface area contributed by atoms with E-state index in [2.05, 4.69) is 5.32 Å². The van der Waals surface area contributed by atoms with Crippen LogP contribution in [0.1, 0.15) is 0 Å². The predicted molar refractivity (Wildman–Crippen MR) is 21.3 cm³/mol. The Bertz CT molecular complexity index is 40.1. The van der Waals surface area contributed by atoms with Crippen molar-refractivity contribution in [1.82, 2.24) is 5.32 Å². The summed E-state index contributed by atoms with van der Waals surface area (Å²) in [5, 5.41) is 3.83. The first kappa shape index (κ1) is 4.06. The summed E-state index contributed by atoms with van der Waals surface area (Å²) in [5.74, 6) is 0.282. The number of hydrogen-bond donors (Lipinski definition) is 0. The van der Waals surface area contributed by atoms with Crippen LogP contribution in [0.2, 0.25) is 0 Å². The van der Waals surface area contributed by atoms with Gasteiger partial charge >= 0.3 is 0 Å². The van der Waals surface area contributed by atoms with Crippen LogP contribution in [0.3, 0.4) is 0 Å². The number of halogens is 1. The first-order valence-electron chi connectivity index (χ1n) is 2.12. The molecule has 1 aliphatic rings. The molecule has 0 N–H and O–H groups in total. The summed E-state index contributed by atoms with van der Waals surface area (Å²) in [7, 11) is 0. The third-order valence-corrected chi connectivity index (χ3v) is 0.993. The molecule has 1 saturated heterocycles. The number of nitrogens with zero attached hydrogens (tertiary/aromatic N) is 1. The van der Waals surface area contributed by atoms with Crippen molar-refractivity contribution in [3.05, 3.63) is 0 Å². The van der Waals surface area contributed by atoms with Gasteiger partial charge in [-0.25, -0.2) is 5.32 Å². The Morgan fingerprint density at radius 1 is 1.67 bits per heavy atom. The lowest BCUT2D eigenvalue weighted by molar-refractivity contribution is 0.263. The molecule has 0 spiro atoms. The highest BCUT2D eigenvalue weighted by atomic mass is 19.1. The van der Waals surface area contributed by atoms with Gasteiger partial charge in [0.05, 0.1) is 6.67 Å². The molecule has 1 radical (unpaired) electrons. The molecule has 0 atom stereocenters. The lowest BCUT2D eigenvalue weighted by Gasteiger charge is -2.20. The van der Waals surface area contributed by atoms with E-state index in [1.807, 2.05) is 0 Å². The van der Waals surface area contributed by atoms with Crippen molar-refractivity contribution < 1.29 is 4.39 Å². The summed E-state index contributed by atoms with van der Waals surface area (Å²) in [6, 6.07) is 0. The molecule has 2 heteroatoms. The SMILES string of the molecule is FCC1C[N]C1. The molecule has 0 aromatic carbocycles. The minimum Gasteiger partial charge on any atom is -0.251 e.